The predicted octanol–water partition coefficient (Wildman–Crippen LogP) is 1.85. The molecule has 0 aromatic rings. The fourth-order valence-corrected chi connectivity index (χ4v) is 2.17. The lowest BCUT2D eigenvalue weighted by Crippen LogP contribution is -2.35. The van der Waals surface area contributed by atoms with Crippen molar-refractivity contribution in [3.8, 4) is 0 Å². The first-order valence-electron chi connectivity index (χ1n) is 6.08. The molecule has 2 saturated heterocycles. The van der Waals surface area contributed by atoms with E-state index in [0.29, 0.717) is 12.1 Å². The van der Waals surface area contributed by atoms with Gasteiger partial charge in [-0.3, -0.25) is 5.41 Å². The van der Waals surface area contributed by atoms with Crippen molar-refractivity contribution in [1.29, 1.82) is 5.41 Å². The summed E-state index contributed by atoms with van der Waals surface area (Å²) in [6, 6.07) is 0.315. The Labute approximate surface area is 97.4 Å². The fourth-order valence-electron chi connectivity index (χ4n) is 2.17. The molecule has 4 heteroatoms. The smallest absolute Gasteiger partial charge is 0.284 e. The highest BCUT2D eigenvalue weighted by molar-refractivity contribution is 5.72. The van der Waals surface area contributed by atoms with E-state index in [-0.39, 0.29) is 11.5 Å². The standard InChI is InChI=1S/C12H22N2O2/c1-12(2,3)10-8-14(11(13)16-10)7-9-5-4-6-15-9/h9-10,13H,4-8H2,1-3H3. The molecule has 2 heterocycles. The normalized spacial score (nSPS) is 30.9. The van der Waals surface area contributed by atoms with Gasteiger partial charge < -0.3 is 14.4 Å². The summed E-state index contributed by atoms with van der Waals surface area (Å²) in [5.74, 6) is 0. The average Bonchev–Trinajstić information content (AvgIpc) is 2.76. The van der Waals surface area contributed by atoms with Crippen molar-refractivity contribution in [3.05, 3.63) is 0 Å². The maximum absolute atomic E-state index is 7.83. The van der Waals surface area contributed by atoms with Gasteiger partial charge in [-0.25, -0.2) is 0 Å². The molecule has 2 unspecified atom stereocenters. The molecule has 2 rings (SSSR count). The summed E-state index contributed by atoms with van der Waals surface area (Å²) < 4.78 is 11.2. The maximum atomic E-state index is 7.83. The van der Waals surface area contributed by atoms with Crippen LogP contribution in [-0.2, 0) is 9.47 Å². The minimum atomic E-state index is 0.0948. The zero-order valence-electron chi connectivity index (χ0n) is 10.5. The molecule has 2 aliphatic heterocycles. The van der Waals surface area contributed by atoms with Crippen LogP contribution in [0.4, 0.5) is 0 Å². The number of amidine groups is 1. The van der Waals surface area contributed by atoms with Gasteiger partial charge in [0, 0.05) is 18.6 Å². The van der Waals surface area contributed by atoms with Gasteiger partial charge in [0.15, 0.2) is 0 Å². The molecular weight excluding hydrogens is 204 g/mol. The van der Waals surface area contributed by atoms with Crippen LogP contribution in [0.3, 0.4) is 0 Å². The average molecular weight is 226 g/mol. The first-order valence-corrected chi connectivity index (χ1v) is 6.08. The number of nitrogens with zero attached hydrogens (tertiary/aromatic N) is 1. The largest absolute Gasteiger partial charge is 0.460 e. The highest BCUT2D eigenvalue weighted by Crippen LogP contribution is 2.28. The van der Waals surface area contributed by atoms with Crippen LogP contribution in [0.2, 0.25) is 0 Å². The third-order valence-electron chi connectivity index (χ3n) is 3.34. The van der Waals surface area contributed by atoms with Gasteiger partial charge in [-0.1, -0.05) is 20.8 Å². The van der Waals surface area contributed by atoms with Gasteiger partial charge in [0.25, 0.3) is 6.02 Å². The fraction of sp³-hybridized carbons (Fsp3) is 0.917. The Kier molecular flexibility index (Phi) is 3.10. The van der Waals surface area contributed by atoms with Crippen LogP contribution in [0, 0.1) is 10.8 Å². The number of ether oxygens (including phenoxy) is 2. The van der Waals surface area contributed by atoms with Gasteiger partial charge in [-0.15, -0.1) is 0 Å². The van der Waals surface area contributed by atoms with E-state index in [9.17, 15) is 0 Å². The van der Waals surface area contributed by atoms with Gasteiger partial charge in [0.05, 0.1) is 12.6 Å². The molecule has 2 atom stereocenters. The Bertz CT molecular complexity index is 267. The molecule has 0 aromatic heterocycles. The second kappa shape index (κ2) is 4.24. The molecule has 2 aliphatic rings. The van der Waals surface area contributed by atoms with Crippen molar-refractivity contribution in [2.75, 3.05) is 19.7 Å². The number of hydrogen-bond donors (Lipinski definition) is 1. The van der Waals surface area contributed by atoms with Crippen LogP contribution >= 0.6 is 0 Å². The van der Waals surface area contributed by atoms with E-state index in [0.717, 1.165) is 32.5 Å². The Morgan fingerprint density at radius 1 is 1.44 bits per heavy atom. The van der Waals surface area contributed by atoms with Crippen LogP contribution in [0.1, 0.15) is 33.6 Å². The molecule has 0 aliphatic carbocycles. The number of nitrogens with one attached hydrogen (secondary N) is 1. The molecule has 2 fully saturated rings. The van der Waals surface area contributed by atoms with E-state index in [1.54, 1.807) is 0 Å². The van der Waals surface area contributed by atoms with Crippen molar-refractivity contribution in [2.24, 2.45) is 5.41 Å². The predicted molar refractivity (Wildman–Crippen MR) is 62.6 cm³/mol. The summed E-state index contributed by atoms with van der Waals surface area (Å²) in [5.41, 5.74) is 0.0948. The Morgan fingerprint density at radius 2 is 2.19 bits per heavy atom. The second-order valence-corrected chi connectivity index (χ2v) is 5.82. The summed E-state index contributed by atoms with van der Waals surface area (Å²) in [4.78, 5) is 2.01. The van der Waals surface area contributed by atoms with E-state index >= 15 is 0 Å². The molecule has 0 aromatic carbocycles. The molecule has 4 nitrogen and oxygen atoms in total. The molecule has 0 spiro atoms. The Balaban J connectivity index is 1.89. The lowest BCUT2D eigenvalue weighted by Gasteiger charge is -2.25. The van der Waals surface area contributed by atoms with Crippen molar-refractivity contribution >= 4 is 6.02 Å². The highest BCUT2D eigenvalue weighted by Gasteiger charge is 2.37. The molecule has 0 saturated carbocycles. The summed E-state index contributed by atoms with van der Waals surface area (Å²) in [5, 5.41) is 7.83. The quantitative estimate of drug-likeness (QED) is 0.781. The summed E-state index contributed by atoms with van der Waals surface area (Å²) in [6.45, 7) is 8.96. The molecular formula is C12H22N2O2. The van der Waals surface area contributed by atoms with Crippen molar-refractivity contribution < 1.29 is 9.47 Å². The number of hydrogen-bond acceptors (Lipinski definition) is 3. The lowest BCUT2D eigenvalue weighted by molar-refractivity contribution is 0.0870. The highest BCUT2D eigenvalue weighted by atomic mass is 16.5. The summed E-state index contributed by atoms with van der Waals surface area (Å²) in [7, 11) is 0. The first-order chi connectivity index (χ1) is 7.47. The zero-order chi connectivity index (χ0) is 11.8. The zero-order valence-corrected chi connectivity index (χ0v) is 10.5. The van der Waals surface area contributed by atoms with Gasteiger partial charge in [-0.05, 0) is 12.8 Å². The van der Waals surface area contributed by atoms with E-state index in [1.807, 2.05) is 4.90 Å². The molecule has 92 valence electrons. The monoisotopic (exact) mass is 226 g/mol. The van der Waals surface area contributed by atoms with Crippen LogP contribution in [0.15, 0.2) is 0 Å². The van der Waals surface area contributed by atoms with E-state index in [4.69, 9.17) is 14.9 Å². The van der Waals surface area contributed by atoms with Gasteiger partial charge >= 0.3 is 0 Å². The molecule has 0 bridgehead atoms. The third kappa shape index (κ3) is 2.48. The van der Waals surface area contributed by atoms with Crippen molar-refractivity contribution in [2.45, 2.75) is 45.8 Å². The molecule has 0 radical (unpaired) electrons. The molecule has 1 N–H and O–H groups in total. The van der Waals surface area contributed by atoms with E-state index in [1.165, 1.54) is 0 Å². The van der Waals surface area contributed by atoms with Gasteiger partial charge in [0.2, 0.25) is 0 Å². The lowest BCUT2D eigenvalue weighted by atomic mass is 9.89. The molecule has 16 heavy (non-hydrogen) atoms. The van der Waals surface area contributed by atoms with Crippen LogP contribution in [-0.4, -0.2) is 42.8 Å². The van der Waals surface area contributed by atoms with E-state index in [2.05, 4.69) is 20.8 Å². The van der Waals surface area contributed by atoms with Crippen molar-refractivity contribution in [1.82, 2.24) is 4.90 Å². The van der Waals surface area contributed by atoms with Crippen LogP contribution in [0.25, 0.3) is 0 Å². The second-order valence-electron chi connectivity index (χ2n) is 5.82. The minimum absolute atomic E-state index is 0.0948. The third-order valence-corrected chi connectivity index (χ3v) is 3.34. The Morgan fingerprint density at radius 3 is 2.69 bits per heavy atom. The summed E-state index contributed by atoms with van der Waals surface area (Å²) >= 11 is 0. The minimum Gasteiger partial charge on any atom is -0.460 e. The number of rotatable bonds is 2. The van der Waals surface area contributed by atoms with Gasteiger partial charge in [0.1, 0.15) is 6.10 Å². The van der Waals surface area contributed by atoms with Crippen LogP contribution < -0.4 is 0 Å². The van der Waals surface area contributed by atoms with Crippen molar-refractivity contribution in [3.63, 3.8) is 0 Å². The topological polar surface area (TPSA) is 45.5 Å². The molecule has 0 amide bonds. The first kappa shape index (κ1) is 11.7. The SMILES string of the molecule is CC(C)(C)C1CN(CC2CCCO2)C(=N)O1. The Hall–Kier alpha value is -0.770. The maximum Gasteiger partial charge on any atom is 0.284 e. The van der Waals surface area contributed by atoms with E-state index < -0.39 is 0 Å². The summed E-state index contributed by atoms with van der Waals surface area (Å²) in [6.07, 6.45) is 2.68. The van der Waals surface area contributed by atoms with Gasteiger partial charge in [-0.2, -0.15) is 0 Å². The van der Waals surface area contributed by atoms with Crippen LogP contribution in [0.5, 0.6) is 0 Å².